The molecule has 43 heavy (non-hydrogen) atoms. The molecule has 0 N–H and O–H groups in total. The molecule has 0 fully saturated rings. The van der Waals surface area contributed by atoms with Crippen molar-refractivity contribution < 1.29 is 0 Å². The second kappa shape index (κ2) is 12.5. The Morgan fingerprint density at radius 2 is 0.860 bits per heavy atom. The molecular formula is C40H27IN2. The van der Waals surface area contributed by atoms with Gasteiger partial charge in [0.2, 0.25) is 0 Å². The minimum atomic E-state index is 0.674. The van der Waals surface area contributed by atoms with Crippen molar-refractivity contribution in [3.63, 3.8) is 0 Å². The molecule has 0 radical (unpaired) electrons. The number of hydrogen-bond donors (Lipinski definition) is 0. The van der Waals surface area contributed by atoms with Gasteiger partial charge in [0.15, 0.2) is 0 Å². The number of benzene rings is 6. The second-order valence-corrected chi connectivity index (χ2v) is 11.8. The van der Waals surface area contributed by atoms with Crippen molar-refractivity contribution in [2.75, 3.05) is 0 Å². The van der Waals surface area contributed by atoms with Crippen molar-refractivity contribution in [1.82, 2.24) is 0 Å². The summed E-state index contributed by atoms with van der Waals surface area (Å²) >= 11 is 2.41. The first-order chi connectivity index (χ1) is 21.0. The van der Waals surface area contributed by atoms with Crippen molar-refractivity contribution in [3.8, 4) is 56.6 Å². The van der Waals surface area contributed by atoms with Crippen molar-refractivity contribution in [2.45, 2.75) is 13.3 Å². The molecule has 6 aromatic carbocycles. The number of nitrogens with zero attached hydrogens (tertiary/aromatic N) is 2. The van der Waals surface area contributed by atoms with Crippen LogP contribution in [0.1, 0.15) is 27.8 Å². The molecule has 0 saturated carbocycles. The summed E-state index contributed by atoms with van der Waals surface area (Å²) in [6, 6.07) is 50.7. The van der Waals surface area contributed by atoms with Crippen LogP contribution in [0.15, 0.2) is 133 Å². The van der Waals surface area contributed by atoms with Crippen LogP contribution in [0, 0.1) is 33.2 Å². The number of hydrogen-bond acceptors (Lipinski definition) is 2. The van der Waals surface area contributed by atoms with E-state index in [0.29, 0.717) is 11.1 Å². The van der Waals surface area contributed by atoms with Crippen LogP contribution in [-0.2, 0) is 6.42 Å². The fourth-order valence-electron chi connectivity index (χ4n) is 5.41. The normalized spacial score (nSPS) is 10.6. The van der Waals surface area contributed by atoms with Gasteiger partial charge < -0.3 is 0 Å². The summed E-state index contributed by atoms with van der Waals surface area (Å²) in [6.45, 7) is 2.15. The van der Waals surface area contributed by atoms with Gasteiger partial charge in [0.1, 0.15) is 0 Å². The lowest BCUT2D eigenvalue weighted by atomic mass is 9.94. The lowest BCUT2D eigenvalue weighted by Crippen LogP contribution is -1.91. The maximum atomic E-state index is 9.06. The molecule has 0 aromatic heterocycles. The SMILES string of the molecule is Cc1cc(-c2ccc(C#N)cc2)ccc1-c1ccc(Cc2ccc(-c3ccc(-c4ccc(C#N)cc4)cc3I)cc2)cc1. The van der Waals surface area contributed by atoms with Crippen molar-refractivity contribution in [3.05, 3.63) is 165 Å². The van der Waals surface area contributed by atoms with E-state index in [9.17, 15) is 0 Å². The fourth-order valence-corrected chi connectivity index (χ4v) is 6.24. The molecule has 0 spiro atoms. The van der Waals surface area contributed by atoms with Crippen molar-refractivity contribution in [2.24, 2.45) is 0 Å². The van der Waals surface area contributed by atoms with Gasteiger partial charge in [0, 0.05) is 3.57 Å². The van der Waals surface area contributed by atoms with Gasteiger partial charge in [-0.15, -0.1) is 0 Å². The third-order valence-electron chi connectivity index (χ3n) is 7.83. The third kappa shape index (κ3) is 6.28. The van der Waals surface area contributed by atoms with E-state index < -0.39 is 0 Å². The Morgan fingerprint density at radius 3 is 1.30 bits per heavy atom. The summed E-state index contributed by atoms with van der Waals surface area (Å²) in [7, 11) is 0. The lowest BCUT2D eigenvalue weighted by molar-refractivity contribution is 1.19. The first-order valence-electron chi connectivity index (χ1n) is 14.1. The van der Waals surface area contributed by atoms with Gasteiger partial charge in [-0.05, 0) is 127 Å². The van der Waals surface area contributed by atoms with E-state index in [1.54, 1.807) is 0 Å². The molecule has 2 nitrogen and oxygen atoms in total. The predicted molar refractivity (Wildman–Crippen MR) is 184 cm³/mol. The summed E-state index contributed by atoms with van der Waals surface area (Å²) < 4.78 is 1.20. The zero-order chi connectivity index (χ0) is 29.8. The lowest BCUT2D eigenvalue weighted by Gasteiger charge is -2.11. The van der Waals surface area contributed by atoms with E-state index in [1.165, 1.54) is 42.5 Å². The standard InChI is InChI=1S/C40H27IN2/c1-27-22-36(32-10-6-30(25-42)7-11-32)18-20-38(27)34-14-2-28(3-15-34)23-29-4-16-35(17-5-29)39-21-19-37(24-40(39)41)33-12-8-31(26-43)9-13-33/h2-22,24H,23H2,1H3. The van der Waals surface area contributed by atoms with Crippen LogP contribution in [0.5, 0.6) is 0 Å². The number of nitriles is 2. The summed E-state index contributed by atoms with van der Waals surface area (Å²) in [6.07, 6.45) is 0.881. The quantitative estimate of drug-likeness (QED) is 0.167. The van der Waals surface area contributed by atoms with Crippen LogP contribution in [0.25, 0.3) is 44.5 Å². The van der Waals surface area contributed by atoms with Gasteiger partial charge in [-0.1, -0.05) is 103 Å². The monoisotopic (exact) mass is 662 g/mol. The maximum Gasteiger partial charge on any atom is 0.0991 e. The average molecular weight is 663 g/mol. The van der Waals surface area contributed by atoms with Gasteiger partial charge in [-0.3, -0.25) is 0 Å². The second-order valence-electron chi connectivity index (χ2n) is 10.7. The molecule has 0 aliphatic rings. The molecule has 204 valence electrons. The van der Waals surface area contributed by atoms with Crippen molar-refractivity contribution >= 4 is 22.6 Å². The highest BCUT2D eigenvalue weighted by atomic mass is 127. The van der Waals surface area contributed by atoms with Crippen LogP contribution in [0.4, 0.5) is 0 Å². The number of aryl methyl sites for hydroxylation is 1. The zero-order valence-corrected chi connectivity index (χ0v) is 25.8. The van der Waals surface area contributed by atoms with Gasteiger partial charge in [0.25, 0.3) is 0 Å². The molecule has 6 rings (SSSR count). The van der Waals surface area contributed by atoms with Gasteiger partial charge in [-0.2, -0.15) is 10.5 Å². The zero-order valence-electron chi connectivity index (χ0n) is 23.7. The highest BCUT2D eigenvalue weighted by Gasteiger charge is 2.08. The van der Waals surface area contributed by atoms with E-state index in [2.05, 4.69) is 127 Å². The van der Waals surface area contributed by atoms with Crippen LogP contribution < -0.4 is 0 Å². The Morgan fingerprint density at radius 1 is 0.465 bits per heavy atom. The fraction of sp³-hybridized carbons (Fsp3) is 0.0500. The van der Waals surface area contributed by atoms with Crippen LogP contribution in [-0.4, -0.2) is 0 Å². The maximum absolute atomic E-state index is 9.06. The van der Waals surface area contributed by atoms with Gasteiger partial charge >= 0.3 is 0 Å². The Bertz CT molecular complexity index is 1840. The van der Waals surface area contributed by atoms with Crippen LogP contribution in [0.3, 0.4) is 0 Å². The molecular weight excluding hydrogens is 635 g/mol. The van der Waals surface area contributed by atoms with E-state index in [4.69, 9.17) is 10.5 Å². The first kappa shape index (κ1) is 28.2. The van der Waals surface area contributed by atoms with Crippen LogP contribution >= 0.6 is 22.6 Å². The summed E-state index contributed by atoms with van der Waals surface area (Å²) in [4.78, 5) is 0. The minimum absolute atomic E-state index is 0.674. The molecule has 0 bridgehead atoms. The van der Waals surface area contributed by atoms with E-state index in [1.807, 2.05) is 48.5 Å². The Balaban J connectivity index is 1.13. The van der Waals surface area contributed by atoms with E-state index in [0.717, 1.165) is 28.7 Å². The molecule has 0 heterocycles. The Labute approximate surface area is 266 Å². The topological polar surface area (TPSA) is 47.6 Å². The summed E-state index contributed by atoms with van der Waals surface area (Å²) in [5, 5.41) is 18.1. The van der Waals surface area contributed by atoms with Gasteiger partial charge in [0.05, 0.1) is 23.3 Å². The molecule has 0 aliphatic heterocycles. The van der Waals surface area contributed by atoms with Crippen molar-refractivity contribution in [1.29, 1.82) is 10.5 Å². The first-order valence-corrected chi connectivity index (χ1v) is 15.2. The summed E-state index contributed by atoms with van der Waals surface area (Å²) in [5.41, 5.74) is 14.5. The minimum Gasteiger partial charge on any atom is -0.192 e. The average Bonchev–Trinajstić information content (AvgIpc) is 3.06. The third-order valence-corrected chi connectivity index (χ3v) is 8.72. The van der Waals surface area contributed by atoms with Crippen LogP contribution in [0.2, 0.25) is 0 Å². The highest BCUT2D eigenvalue weighted by molar-refractivity contribution is 14.1. The van der Waals surface area contributed by atoms with E-state index >= 15 is 0 Å². The predicted octanol–water partition coefficient (Wildman–Crippen LogP) is 10.6. The number of halogens is 1. The molecule has 0 atom stereocenters. The largest absolute Gasteiger partial charge is 0.192 e. The molecule has 0 unspecified atom stereocenters. The molecule has 0 aliphatic carbocycles. The smallest absolute Gasteiger partial charge is 0.0991 e. The molecule has 0 amide bonds. The highest BCUT2D eigenvalue weighted by Crippen LogP contribution is 2.32. The number of rotatable bonds is 6. The molecule has 0 saturated heterocycles. The van der Waals surface area contributed by atoms with Gasteiger partial charge in [-0.25, -0.2) is 0 Å². The summed E-state index contributed by atoms with van der Waals surface area (Å²) in [5.74, 6) is 0. The molecule has 6 aromatic rings. The van der Waals surface area contributed by atoms with E-state index in [-0.39, 0.29) is 0 Å². The molecule has 3 heteroatoms. The Kier molecular flexibility index (Phi) is 8.18. The Hall–Kier alpha value is -4.97.